The summed E-state index contributed by atoms with van der Waals surface area (Å²) in [6.45, 7) is 2.75. The smallest absolute Gasteiger partial charge is 0.377 e. The fraction of sp³-hybridized carbons (Fsp3) is 0.455. The van der Waals surface area contributed by atoms with Crippen molar-refractivity contribution in [1.29, 1.82) is 0 Å². The van der Waals surface area contributed by atoms with Gasteiger partial charge in [-0.1, -0.05) is 19.1 Å². The van der Waals surface area contributed by atoms with Crippen molar-refractivity contribution in [2.45, 2.75) is 26.1 Å². The van der Waals surface area contributed by atoms with Crippen LogP contribution in [-0.2, 0) is 17.5 Å². The number of alkyl halides is 3. The molecule has 0 aliphatic heterocycles. The standard InChI is InChI=1S/C11H13F3O/c1-2-6-15-8-9-4-3-5-10(7-9)11(12,13)14/h3-5,7H,2,6,8H2,1H3. The second kappa shape index (κ2) is 5.16. The van der Waals surface area contributed by atoms with Gasteiger partial charge in [-0.3, -0.25) is 0 Å². The third-order valence-electron chi connectivity index (χ3n) is 1.87. The number of ether oxygens (including phenoxy) is 1. The highest BCUT2D eigenvalue weighted by Gasteiger charge is 2.30. The van der Waals surface area contributed by atoms with E-state index >= 15 is 0 Å². The first-order valence-corrected chi connectivity index (χ1v) is 4.78. The van der Waals surface area contributed by atoms with Crippen LogP contribution in [0.1, 0.15) is 24.5 Å². The molecular formula is C11H13F3O. The Bertz CT molecular complexity index is 307. The van der Waals surface area contributed by atoms with E-state index in [1.165, 1.54) is 6.07 Å². The van der Waals surface area contributed by atoms with Gasteiger partial charge in [-0.2, -0.15) is 13.2 Å². The Morgan fingerprint density at radius 2 is 2.00 bits per heavy atom. The zero-order valence-electron chi connectivity index (χ0n) is 8.47. The van der Waals surface area contributed by atoms with E-state index in [0.29, 0.717) is 12.2 Å². The first-order valence-electron chi connectivity index (χ1n) is 4.78. The molecule has 0 heterocycles. The highest BCUT2D eigenvalue weighted by molar-refractivity contribution is 5.25. The molecule has 0 radical (unpaired) electrons. The van der Waals surface area contributed by atoms with E-state index in [4.69, 9.17) is 4.74 Å². The van der Waals surface area contributed by atoms with Crippen molar-refractivity contribution in [2.24, 2.45) is 0 Å². The molecule has 84 valence electrons. The van der Waals surface area contributed by atoms with E-state index in [2.05, 4.69) is 0 Å². The molecule has 0 bridgehead atoms. The van der Waals surface area contributed by atoms with Crippen LogP contribution in [0.4, 0.5) is 13.2 Å². The van der Waals surface area contributed by atoms with Crippen LogP contribution < -0.4 is 0 Å². The number of hydrogen-bond donors (Lipinski definition) is 0. The first kappa shape index (κ1) is 12.0. The topological polar surface area (TPSA) is 9.23 Å². The molecule has 1 aromatic rings. The second-order valence-electron chi connectivity index (χ2n) is 3.25. The van der Waals surface area contributed by atoms with Gasteiger partial charge in [0.15, 0.2) is 0 Å². The Hall–Kier alpha value is -1.03. The van der Waals surface area contributed by atoms with Crippen LogP contribution in [0.2, 0.25) is 0 Å². The maximum atomic E-state index is 12.3. The fourth-order valence-electron chi connectivity index (χ4n) is 1.17. The highest BCUT2D eigenvalue weighted by Crippen LogP contribution is 2.29. The van der Waals surface area contributed by atoms with E-state index in [1.54, 1.807) is 6.07 Å². The maximum absolute atomic E-state index is 12.3. The minimum absolute atomic E-state index is 0.234. The average Bonchev–Trinajstić information content (AvgIpc) is 2.17. The van der Waals surface area contributed by atoms with Crippen molar-refractivity contribution in [1.82, 2.24) is 0 Å². The molecule has 0 unspecified atom stereocenters. The van der Waals surface area contributed by atoms with Crippen LogP contribution in [-0.4, -0.2) is 6.61 Å². The molecule has 1 nitrogen and oxygen atoms in total. The molecule has 0 aliphatic rings. The summed E-state index contributed by atoms with van der Waals surface area (Å²) in [6, 6.07) is 5.21. The summed E-state index contributed by atoms with van der Waals surface area (Å²) < 4.78 is 42.1. The van der Waals surface area contributed by atoms with E-state index in [-0.39, 0.29) is 6.61 Å². The molecule has 1 rings (SSSR count). The van der Waals surface area contributed by atoms with Gasteiger partial charge in [-0.05, 0) is 24.1 Å². The van der Waals surface area contributed by atoms with E-state index < -0.39 is 11.7 Å². The summed E-state index contributed by atoms with van der Waals surface area (Å²) in [6.07, 6.45) is -3.42. The Kier molecular flexibility index (Phi) is 4.15. The van der Waals surface area contributed by atoms with Gasteiger partial charge >= 0.3 is 6.18 Å². The van der Waals surface area contributed by atoms with Gasteiger partial charge < -0.3 is 4.74 Å². The molecule has 4 heteroatoms. The lowest BCUT2D eigenvalue weighted by molar-refractivity contribution is -0.137. The predicted molar refractivity (Wildman–Crippen MR) is 51.4 cm³/mol. The van der Waals surface area contributed by atoms with Crippen molar-refractivity contribution in [3.63, 3.8) is 0 Å². The van der Waals surface area contributed by atoms with Gasteiger partial charge in [0.2, 0.25) is 0 Å². The van der Waals surface area contributed by atoms with Crippen molar-refractivity contribution in [3.8, 4) is 0 Å². The summed E-state index contributed by atoms with van der Waals surface area (Å²) in [7, 11) is 0. The molecule has 0 atom stereocenters. The number of rotatable bonds is 4. The molecule has 0 amide bonds. The third-order valence-corrected chi connectivity index (χ3v) is 1.87. The minimum Gasteiger partial charge on any atom is -0.377 e. The molecule has 0 saturated carbocycles. The number of halogens is 3. The summed E-state index contributed by atoms with van der Waals surface area (Å²) in [5.41, 5.74) is -0.0710. The van der Waals surface area contributed by atoms with Crippen LogP contribution in [0.5, 0.6) is 0 Å². The lowest BCUT2D eigenvalue weighted by atomic mass is 10.1. The molecular weight excluding hydrogens is 205 g/mol. The van der Waals surface area contributed by atoms with Crippen LogP contribution in [0.3, 0.4) is 0 Å². The molecule has 0 saturated heterocycles. The van der Waals surface area contributed by atoms with Gasteiger partial charge in [-0.15, -0.1) is 0 Å². The largest absolute Gasteiger partial charge is 0.416 e. The Morgan fingerprint density at radius 1 is 1.27 bits per heavy atom. The van der Waals surface area contributed by atoms with Crippen molar-refractivity contribution in [2.75, 3.05) is 6.61 Å². The van der Waals surface area contributed by atoms with Crippen molar-refractivity contribution in [3.05, 3.63) is 35.4 Å². The minimum atomic E-state index is -4.28. The molecule has 0 aliphatic carbocycles. The summed E-state index contributed by atoms with van der Waals surface area (Å²) in [5.74, 6) is 0. The highest BCUT2D eigenvalue weighted by atomic mass is 19.4. The van der Waals surface area contributed by atoms with Crippen LogP contribution in [0.15, 0.2) is 24.3 Å². The number of hydrogen-bond acceptors (Lipinski definition) is 1. The monoisotopic (exact) mass is 218 g/mol. The Morgan fingerprint density at radius 3 is 2.60 bits per heavy atom. The SMILES string of the molecule is CCCOCc1cccc(C(F)(F)F)c1. The quantitative estimate of drug-likeness (QED) is 0.701. The van der Waals surface area contributed by atoms with Crippen LogP contribution in [0.25, 0.3) is 0 Å². The average molecular weight is 218 g/mol. The van der Waals surface area contributed by atoms with E-state index in [9.17, 15) is 13.2 Å². The second-order valence-corrected chi connectivity index (χ2v) is 3.25. The molecule has 0 N–H and O–H groups in total. The first-order chi connectivity index (χ1) is 7.04. The third kappa shape index (κ3) is 3.91. The Labute approximate surface area is 86.9 Å². The molecule has 0 spiro atoms. The van der Waals surface area contributed by atoms with Gasteiger partial charge in [0, 0.05) is 6.61 Å². The number of benzene rings is 1. The normalized spacial score (nSPS) is 11.7. The van der Waals surface area contributed by atoms with Gasteiger partial charge in [-0.25, -0.2) is 0 Å². The van der Waals surface area contributed by atoms with E-state index in [0.717, 1.165) is 18.6 Å². The lowest BCUT2D eigenvalue weighted by Gasteiger charge is -2.08. The molecule has 15 heavy (non-hydrogen) atoms. The molecule has 1 aromatic carbocycles. The van der Waals surface area contributed by atoms with Gasteiger partial charge in [0.05, 0.1) is 12.2 Å². The van der Waals surface area contributed by atoms with Crippen molar-refractivity contribution >= 4 is 0 Å². The lowest BCUT2D eigenvalue weighted by Crippen LogP contribution is -2.05. The Balaban J connectivity index is 2.66. The molecule has 0 fully saturated rings. The molecule has 0 aromatic heterocycles. The zero-order valence-corrected chi connectivity index (χ0v) is 8.47. The van der Waals surface area contributed by atoms with E-state index in [1.807, 2.05) is 6.92 Å². The van der Waals surface area contributed by atoms with Gasteiger partial charge in [0.1, 0.15) is 0 Å². The summed E-state index contributed by atoms with van der Waals surface area (Å²) >= 11 is 0. The zero-order chi connectivity index (χ0) is 11.3. The van der Waals surface area contributed by atoms with Crippen LogP contribution >= 0.6 is 0 Å². The fourth-order valence-corrected chi connectivity index (χ4v) is 1.17. The predicted octanol–water partition coefficient (Wildman–Crippen LogP) is 3.63. The van der Waals surface area contributed by atoms with Gasteiger partial charge in [0.25, 0.3) is 0 Å². The van der Waals surface area contributed by atoms with Crippen LogP contribution in [0, 0.1) is 0 Å². The summed E-state index contributed by atoms with van der Waals surface area (Å²) in [4.78, 5) is 0. The van der Waals surface area contributed by atoms with Crippen molar-refractivity contribution < 1.29 is 17.9 Å². The summed E-state index contributed by atoms with van der Waals surface area (Å²) in [5, 5.41) is 0. The maximum Gasteiger partial charge on any atom is 0.416 e.